The van der Waals surface area contributed by atoms with Gasteiger partial charge in [-0.15, -0.1) is 0 Å². The van der Waals surface area contributed by atoms with E-state index in [1.54, 1.807) is 14.2 Å². The van der Waals surface area contributed by atoms with E-state index in [1.165, 1.54) is 15.9 Å². The summed E-state index contributed by atoms with van der Waals surface area (Å²) in [6, 6.07) is 16.4. The average Bonchev–Trinajstić information content (AvgIpc) is 2.64. The Kier molecular flexibility index (Phi) is 5.53. The second-order valence-corrected chi connectivity index (χ2v) is 8.89. The molecule has 0 aliphatic carbocycles. The Morgan fingerprint density at radius 3 is 1.68 bits per heavy atom. The molecule has 25 heavy (non-hydrogen) atoms. The van der Waals surface area contributed by atoms with Gasteiger partial charge in [0.1, 0.15) is 11.5 Å². The summed E-state index contributed by atoms with van der Waals surface area (Å²) in [7, 11) is 2.10. The summed E-state index contributed by atoms with van der Waals surface area (Å²) in [5, 5.41) is 3.61. The van der Waals surface area contributed by atoms with Crippen LogP contribution in [0.5, 0.6) is 11.5 Å². The van der Waals surface area contributed by atoms with Gasteiger partial charge in [0.25, 0.3) is 0 Å². The first-order chi connectivity index (χ1) is 12.1. The molecule has 1 saturated heterocycles. The summed E-state index contributed by atoms with van der Waals surface area (Å²) in [5.41, 5.74) is 0. The third kappa shape index (κ3) is 3.92. The van der Waals surface area contributed by atoms with Crippen LogP contribution in [-0.2, 0) is 9.47 Å². The Bertz CT molecular complexity index is 721. The van der Waals surface area contributed by atoms with Crippen molar-refractivity contribution in [1.29, 1.82) is 0 Å². The lowest BCUT2D eigenvalue weighted by Crippen LogP contribution is -2.40. The molecule has 1 heterocycles. The van der Waals surface area contributed by atoms with Crippen LogP contribution in [0, 0.1) is 0 Å². The van der Waals surface area contributed by atoms with Gasteiger partial charge in [-0.1, -0.05) is 43.9 Å². The van der Waals surface area contributed by atoms with Crippen molar-refractivity contribution in [3.63, 3.8) is 0 Å². The second-order valence-electron chi connectivity index (χ2n) is 6.36. The van der Waals surface area contributed by atoms with Crippen LogP contribution in [0.3, 0.4) is 0 Å². The predicted molar refractivity (Wildman–Crippen MR) is 105 cm³/mol. The standard InChI is InChI=1S/C20H25O4P/c1-20(2)23-13-15(14-24-20)25(18-11-7-5-9-16(18)21-3)19-12-8-6-10-17(19)22-4/h5-12,25H,13-14H2,1-4H3. The Labute approximate surface area is 150 Å². The number of hydrogen-bond donors (Lipinski definition) is 0. The Hall–Kier alpha value is -1.74. The zero-order valence-corrected chi connectivity index (χ0v) is 16.2. The van der Waals surface area contributed by atoms with Gasteiger partial charge in [-0.05, 0) is 31.3 Å². The fourth-order valence-electron chi connectivity index (χ4n) is 2.98. The Morgan fingerprint density at radius 1 is 0.800 bits per heavy atom. The molecule has 2 aromatic carbocycles. The fourth-order valence-corrected chi connectivity index (χ4v) is 5.85. The molecule has 0 aromatic heterocycles. The average molecular weight is 360 g/mol. The summed E-state index contributed by atoms with van der Waals surface area (Å²) in [6.07, 6.45) is 0. The normalized spacial score (nSPS) is 16.8. The van der Waals surface area contributed by atoms with E-state index >= 15 is 0 Å². The van der Waals surface area contributed by atoms with Gasteiger partial charge in [-0.2, -0.15) is 0 Å². The second kappa shape index (κ2) is 7.65. The number of ether oxygens (including phenoxy) is 4. The van der Waals surface area contributed by atoms with Crippen molar-refractivity contribution in [2.24, 2.45) is 0 Å². The third-order valence-electron chi connectivity index (χ3n) is 4.29. The highest BCUT2D eigenvalue weighted by Crippen LogP contribution is 2.35. The van der Waals surface area contributed by atoms with Gasteiger partial charge < -0.3 is 18.9 Å². The highest BCUT2D eigenvalue weighted by atomic mass is 31.1. The fraction of sp³-hybridized carbons (Fsp3) is 0.350. The summed E-state index contributed by atoms with van der Waals surface area (Å²) in [5.74, 6) is 1.23. The SMILES string of the molecule is COc1ccccc1[PH](=C1COC(C)(C)OC1)c1ccccc1OC. The molecule has 0 unspecified atom stereocenters. The predicted octanol–water partition coefficient (Wildman–Crippen LogP) is 2.82. The lowest BCUT2D eigenvalue weighted by atomic mass is 10.3. The van der Waals surface area contributed by atoms with Crippen molar-refractivity contribution < 1.29 is 18.9 Å². The van der Waals surface area contributed by atoms with E-state index in [1.807, 2.05) is 50.2 Å². The van der Waals surface area contributed by atoms with Crippen molar-refractivity contribution in [2.45, 2.75) is 19.6 Å². The molecule has 1 aliphatic rings. The number of hydrogen-bond acceptors (Lipinski definition) is 4. The highest BCUT2D eigenvalue weighted by molar-refractivity contribution is 7.74. The lowest BCUT2D eigenvalue weighted by molar-refractivity contribution is -0.209. The van der Waals surface area contributed by atoms with Gasteiger partial charge in [-0.25, -0.2) is 0 Å². The number of para-hydroxylation sites is 2. The first-order valence-electron chi connectivity index (χ1n) is 8.32. The molecule has 0 spiro atoms. The van der Waals surface area contributed by atoms with E-state index in [0.717, 1.165) is 11.5 Å². The van der Waals surface area contributed by atoms with Gasteiger partial charge >= 0.3 is 0 Å². The van der Waals surface area contributed by atoms with Gasteiger partial charge in [0.05, 0.1) is 27.4 Å². The molecule has 1 fully saturated rings. The van der Waals surface area contributed by atoms with Crippen molar-refractivity contribution in [1.82, 2.24) is 0 Å². The van der Waals surface area contributed by atoms with Gasteiger partial charge in [-0.3, -0.25) is 0 Å². The molecule has 2 aromatic rings. The van der Waals surface area contributed by atoms with Crippen LogP contribution in [0.25, 0.3) is 0 Å². The van der Waals surface area contributed by atoms with Crippen LogP contribution in [0.1, 0.15) is 13.8 Å². The molecular formula is C20H25O4P. The van der Waals surface area contributed by atoms with Gasteiger partial charge in [0.2, 0.25) is 0 Å². The van der Waals surface area contributed by atoms with Crippen LogP contribution in [-0.4, -0.2) is 38.5 Å². The smallest absolute Gasteiger partial charge is 0.163 e. The minimum absolute atomic E-state index is 0.544. The van der Waals surface area contributed by atoms with E-state index in [0.29, 0.717) is 13.2 Å². The summed E-state index contributed by atoms with van der Waals surface area (Å²) in [6.45, 7) is 5.06. The first kappa shape index (κ1) is 18.1. The molecule has 0 saturated carbocycles. The van der Waals surface area contributed by atoms with E-state index in [2.05, 4.69) is 12.1 Å². The summed E-state index contributed by atoms with van der Waals surface area (Å²) in [4.78, 5) is 0. The Morgan fingerprint density at radius 2 is 1.24 bits per heavy atom. The molecular weight excluding hydrogens is 335 g/mol. The molecule has 1 aliphatic heterocycles. The van der Waals surface area contributed by atoms with Crippen molar-refractivity contribution >= 4 is 23.4 Å². The topological polar surface area (TPSA) is 36.9 Å². The minimum atomic E-state index is -1.32. The van der Waals surface area contributed by atoms with Crippen LogP contribution >= 0.6 is 7.55 Å². The minimum Gasteiger partial charge on any atom is -0.496 e. The molecule has 5 heteroatoms. The van der Waals surface area contributed by atoms with Crippen LogP contribution < -0.4 is 20.1 Å². The number of benzene rings is 2. The van der Waals surface area contributed by atoms with Crippen molar-refractivity contribution in [3.05, 3.63) is 48.5 Å². The molecule has 3 rings (SSSR count). The first-order valence-corrected chi connectivity index (χ1v) is 9.82. The Balaban J connectivity index is 2.19. The largest absolute Gasteiger partial charge is 0.496 e. The molecule has 0 radical (unpaired) electrons. The maximum atomic E-state index is 5.93. The molecule has 134 valence electrons. The molecule has 0 atom stereocenters. The van der Waals surface area contributed by atoms with Crippen molar-refractivity contribution in [3.8, 4) is 11.5 Å². The molecule has 4 nitrogen and oxygen atoms in total. The highest BCUT2D eigenvalue weighted by Gasteiger charge is 2.28. The monoisotopic (exact) mass is 360 g/mol. The molecule has 0 amide bonds. The molecule has 0 bridgehead atoms. The zero-order chi connectivity index (χ0) is 17.9. The maximum absolute atomic E-state index is 5.93. The summed E-state index contributed by atoms with van der Waals surface area (Å²) < 4.78 is 23.2. The van der Waals surface area contributed by atoms with Gasteiger partial charge in [0.15, 0.2) is 5.79 Å². The quantitative estimate of drug-likeness (QED) is 0.786. The van der Waals surface area contributed by atoms with Crippen molar-refractivity contribution in [2.75, 3.05) is 27.4 Å². The number of methoxy groups -OCH3 is 2. The zero-order valence-electron chi connectivity index (χ0n) is 15.2. The van der Waals surface area contributed by atoms with Crippen LogP contribution in [0.4, 0.5) is 0 Å². The van der Waals surface area contributed by atoms with E-state index in [9.17, 15) is 0 Å². The van der Waals surface area contributed by atoms with E-state index in [-0.39, 0.29) is 0 Å². The van der Waals surface area contributed by atoms with E-state index in [4.69, 9.17) is 18.9 Å². The van der Waals surface area contributed by atoms with Crippen LogP contribution in [0.2, 0.25) is 0 Å². The van der Waals surface area contributed by atoms with E-state index < -0.39 is 13.3 Å². The third-order valence-corrected chi connectivity index (χ3v) is 7.19. The lowest BCUT2D eigenvalue weighted by Gasteiger charge is -2.33. The summed E-state index contributed by atoms with van der Waals surface area (Å²) >= 11 is 0. The number of rotatable bonds is 4. The van der Waals surface area contributed by atoms with Crippen LogP contribution in [0.15, 0.2) is 48.5 Å². The molecule has 0 N–H and O–H groups in total. The maximum Gasteiger partial charge on any atom is 0.163 e. The van der Waals surface area contributed by atoms with Gasteiger partial charge in [0, 0.05) is 10.6 Å².